The molecule has 1 heterocycles. The van der Waals surface area contributed by atoms with Gasteiger partial charge >= 0.3 is 0 Å². The minimum absolute atomic E-state index is 0.0774. The first-order valence-electron chi connectivity index (χ1n) is 3.49. The summed E-state index contributed by atoms with van der Waals surface area (Å²) in [6.45, 7) is 0.154. The van der Waals surface area contributed by atoms with Gasteiger partial charge in [-0.05, 0) is 0 Å². The van der Waals surface area contributed by atoms with Crippen LogP contribution in [-0.2, 0) is 0 Å². The third-order valence-electron chi connectivity index (χ3n) is 1.19. The summed E-state index contributed by atoms with van der Waals surface area (Å²) in [6, 6.07) is 0. The Hall–Kier alpha value is -1.49. The van der Waals surface area contributed by atoms with Crippen LogP contribution in [0, 0.1) is 0 Å². The highest BCUT2D eigenvalue weighted by molar-refractivity contribution is 5.91. The highest BCUT2D eigenvalue weighted by atomic mass is 16.3. The molecular weight excluding hydrogens is 158 g/mol. The molecule has 0 atom stereocenters. The van der Waals surface area contributed by atoms with Gasteiger partial charge in [0.25, 0.3) is 5.91 Å². The molecule has 0 unspecified atom stereocenters. The molecule has 0 saturated heterocycles. The number of hydrogen-bond acceptors (Lipinski definition) is 4. The number of aliphatic hydroxyl groups is 1. The van der Waals surface area contributed by atoms with Crippen LogP contribution >= 0.6 is 0 Å². The van der Waals surface area contributed by atoms with Gasteiger partial charge in [0.05, 0.1) is 12.8 Å². The van der Waals surface area contributed by atoms with Crippen LogP contribution in [0.5, 0.6) is 0 Å². The highest BCUT2D eigenvalue weighted by Gasteiger charge is 2.03. The second-order valence-corrected chi connectivity index (χ2v) is 2.07. The van der Waals surface area contributed by atoms with E-state index >= 15 is 0 Å². The summed E-state index contributed by atoms with van der Waals surface area (Å²) in [5, 5.41) is 10.9. The Bertz CT molecular complexity index is 250. The Balaban J connectivity index is 2.54. The fourth-order valence-corrected chi connectivity index (χ4v) is 0.676. The van der Waals surface area contributed by atoms with Crippen molar-refractivity contribution in [2.45, 2.75) is 0 Å². The van der Waals surface area contributed by atoms with Crippen molar-refractivity contribution < 1.29 is 9.90 Å². The Morgan fingerprint density at radius 2 is 2.42 bits per heavy atom. The summed E-state index contributed by atoms with van der Waals surface area (Å²) < 4.78 is 0. The lowest BCUT2D eigenvalue weighted by Crippen LogP contribution is -2.27. The fourth-order valence-electron chi connectivity index (χ4n) is 0.676. The summed E-state index contributed by atoms with van der Waals surface area (Å²) in [4.78, 5) is 18.6. The van der Waals surface area contributed by atoms with Crippen molar-refractivity contribution >= 4 is 5.91 Å². The van der Waals surface area contributed by atoms with Crippen LogP contribution in [0.4, 0.5) is 0 Å². The summed E-state index contributed by atoms with van der Waals surface area (Å²) in [5.41, 5.74) is 0.256. The van der Waals surface area contributed by atoms with Crippen molar-refractivity contribution in [3.63, 3.8) is 0 Å². The number of carbonyl (C=O) groups is 1. The molecule has 0 aromatic carbocycles. The molecule has 1 aromatic rings. The van der Waals surface area contributed by atoms with E-state index in [0.29, 0.717) is 0 Å². The summed E-state index contributed by atoms with van der Waals surface area (Å²) in [5.74, 6) is -0.322. The lowest BCUT2D eigenvalue weighted by atomic mass is 10.4. The predicted octanol–water partition coefficient (Wildman–Crippen LogP) is -0.801. The number of nitrogens with one attached hydrogen (secondary N) is 1. The fraction of sp³-hybridized carbons (Fsp3) is 0.286. The molecule has 1 amide bonds. The maximum atomic E-state index is 11.1. The van der Waals surface area contributed by atoms with E-state index < -0.39 is 0 Å². The van der Waals surface area contributed by atoms with Crippen LogP contribution in [0.3, 0.4) is 0 Å². The Kier molecular flexibility index (Phi) is 3.16. The van der Waals surface area contributed by atoms with Crippen molar-refractivity contribution in [3.8, 4) is 0 Å². The third-order valence-corrected chi connectivity index (χ3v) is 1.19. The molecule has 0 saturated carbocycles. The van der Waals surface area contributed by atoms with Crippen LogP contribution in [0.25, 0.3) is 0 Å². The smallest absolute Gasteiger partial charge is 0.271 e. The first kappa shape index (κ1) is 8.61. The average molecular weight is 167 g/mol. The molecule has 1 rings (SSSR count). The lowest BCUT2D eigenvalue weighted by Gasteiger charge is -1.99. The van der Waals surface area contributed by atoms with Gasteiger partial charge in [-0.2, -0.15) is 0 Å². The molecule has 0 aliphatic heterocycles. The van der Waals surface area contributed by atoms with Crippen molar-refractivity contribution in [1.29, 1.82) is 0 Å². The molecule has 5 heteroatoms. The molecule has 5 nitrogen and oxygen atoms in total. The molecule has 0 fully saturated rings. The SMILES string of the molecule is O=C(NCCO)c1cnccn1. The normalized spacial score (nSPS) is 9.42. The van der Waals surface area contributed by atoms with Crippen LogP contribution in [0.2, 0.25) is 0 Å². The number of amides is 1. The Labute approximate surface area is 69.5 Å². The van der Waals surface area contributed by atoms with Gasteiger partial charge in [-0.15, -0.1) is 0 Å². The van der Waals surface area contributed by atoms with E-state index in [1.807, 2.05) is 0 Å². The number of nitrogens with zero attached hydrogens (tertiary/aromatic N) is 2. The van der Waals surface area contributed by atoms with E-state index in [1.54, 1.807) is 0 Å². The molecule has 64 valence electrons. The van der Waals surface area contributed by atoms with Gasteiger partial charge in [0.15, 0.2) is 0 Å². The summed E-state index contributed by atoms with van der Waals surface area (Å²) >= 11 is 0. The standard InChI is InChI=1S/C7H9N3O2/c11-4-3-10-7(12)6-5-8-1-2-9-6/h1-2,5,11H,3-4H2,(H,10,12). The first-order chi connectivity index (χ1) is 5.84. The number of carbonyl (C=O) groups excluding carboxylic acids is 1. The summed E-state index contributed by atoms with van der Waals surface area (Å²) in [7, 11) is 0. The number of aliphatic hydroxyl groups excluding tert-OH is 1. The van der Waals surface area contributed by atoms with Crippen LogP contribution < -0.4 is 5.32 Å². The minimum Gasteiger partial charge on any atom is -0.395 e. The maximum absolute atomic E-state index is 11.1. The Morgan fingerprint density at radius 3 is 3.00 bits per heavy atom. The van der Waals surface area contributed by atoms with E-state index in [-0.39, 0.29) is 24.8 Å². The van der Waals surface area contributed by atoms with Gasteiger partial charge < -0.3 is 10.4 Å². The van der Waals surface area contributed by atoms with Crippen molar-refractivity contribution in [1.82, 2.24) is 15.3 Å². The first-order valence-corrected chi connectivity index (χ1v) is 3.49. The molecule has 1 aromatic heterocycles. The number of aromatic nitrogens is 2. The molecule has 0 aliphatic rings. The van der Waals surface area contributed by atoms with Crippen molar-refractivity contribution in [2.75, 3.05) is 13.2 Å². The van der Waals surface area contributed by atoms with E-state index in [1.165, 1.54) is 18.6 Å². The largest absolute Gasteiger partial charge is 0.395 e. The zero-order valence-electron chi connectivity index (χ0n) is 6.40. The molecule has 0 radical (unpaired) electrons. The zero-order chi connectivity index (χ0) is 8.81. The highest BCUT2D eigenvalue weighted by Crippen LogP contribution is 1.88. The number of hydrogen-bond donors (Lipinski definition) is 2. The third kappa shape index (κ3) is 2.28. The molecule has 0 spiro atoms. The Morgan fingerprint density at radius 1 is 1.58 bits per heavy atom. The van der Waals surface area contributed by atoms with Gasteiger partial charge in [-0.3, -0.25) is 9.78 Å². The van der Waals surface area contributed by atoms with E-state index in [4.69, 9.17) is 5.11 Å². The molecule has 12 heavy (non-hydrogen) atoms. The second kappa shape index (κ2) is 4.40. The van der Waals surface area contributed by atoms with Crippen LogP contribution in [-0.4, -0.2) is 34.1 Å². The molecule has 0 aliphatic carbocycles. The number of rotatable bonds is 3. The molecule has 2 N–H and O–H groups in total. The van der Waals surface area contributed by atoms with Gasteiger partial charge in [-0.25, -0.2) is 4.98 Å². The van der Waals surface area contributed by atoms with Crippen LogP contribution in [0.1, 0.15) is 10.5 Å². The lowest BCUT2D eigenvalue weighted by molar-refractivity contribution is 0.0939. The zero-order valence-corrected chi connectivity index (χ0v) is 6.40. The van der Waals surface area contributed by atoms with E-state index in [0.717, 1.165) is 0 Å². The maximum Gasteiger partial charge on any atom is 0.271 e. The van der Waals surface area contributed by atoms with Crippen molar-refractivity contribution in [3.05, 3.63) is 24.3 Å². The second-order valence-electron chi connectivity index (χ2n) is 2.07. The van der Waals surface area contributed by atoms with Gasteiger partial charge in [0, 0.05) is 18.9 Å². The minimum atomic E-state index is -0.322. The summed E-state index contributed by atoms with van der Waals surface area (Å²) in [6.07, 6.45) is 4.30. The average Bonchev–Trinajstić information content (AvgIpc) is 2.15. The van der Waals surface area contributed by atoms with Gasteiger partial charge in [-0.1, -0.05) is 0 Å². The van der Waals surface area contributed by atoms with Crippen molar-refractivity contribution in [2.24, 2.45) is 0 Å². The molecule has 0 bridgehead atoms. The van der Waals surface area contributed by atoms with E-state index in [9.17, 15) is 4.79 Å². The monoisotopic (exact) mass is 167 g/mol. The van der Waals surface area contributed by atoms with Gasteiger partial charge in [0.2, 0.25) is 0 Å². The van der Waals surface area contributed by atoms with E-state index in [2.05, 4.69) is 15.3 Å². The molecular formula is C7H9N3O2. The predicted molar refractivity (Wildman–Crippen MR) is 41.5 cm³/mol. The van der Waals surface area contributed by atoms with Gasteiger partial charge in [0.1, 0.15) is 5.69 Å². The van der Waals surface area contributed by atoms with Crippen LogP contribution in [0.15, 0.2) is 18.6 Å². The topological polar surface area (TPSA) is 75.1 Å². The quantitative estimate of drug-likeness (QED) is 0.618.